The van der Waals surface area contributed by atoms with E-state index in [0.29, 0.717) is 23.8 Å². The van der Waals surface area contributed by atoms with Crippen molar-refractivity contribution in [1.29, 1.82) is 0 Å². The maximum atomic E-state index is 13.3. The van der Waals surface area contributed by atoms with Gasteiger partial charge in [-0.25, -0.2) is 0 Å². The van der Waals surface area contributed by atoms with Crippen LogP contribution in [0, 0.1) is 23.2 Å². The number of carbonyl (C=O) groups excluding carboxylic acids is 2. The van der Waals surface area contributed by atoms with Gasteiger partial charge in [0.2, 0.25) is 0 Å². The molecule has 6 heteroatoms. The second kappa shape index (κ2) is 9.26. The molecule has 2 bridgehead atoms. The first kappa shape index (κ1) is 22.8. The van der Waals surface area contributed by atoms with Gasteiger partial charge in [-0.1, -0.05) is 26.0 Å². The number of hydrogen-bond acceptors (Lipinski definition) is 5. The van der Waals surface area contributed by atoms with Gasteiger partial charge in [0.05, 0.1) is 12.7 Å². The topological polar surface area (TPSA) is 75.6 Å². The summed E-state index contributed by atoms with van der Waals surface area (Å²) in [4.78, 5) is 24.5. The van der Waals surface area contributed by atoms with E-state index in [2.05, 4.69) is 36.1 Å². The minimum Gasteiger partial charge on any atom is -0.508 e. The van der Waals surface area contributed by atoms with Crippen molar-refractivity contribution in [1.82, 2.24) is 5.32 Å². The van der Waals surface area contributed by atoms with E-state index in [1.807, 2.05) is 11.4 Å². The molecule has 172 valence electrons. The first-order valence-electron chi connectivity index (χ1n) is 11.5. The van der Waals surface area contributed by atoms with Crippen LogP contribution in [0.15, 0.2) is 35.7 Å². The van der Waals surface area contributed by atoms with E-state index in [4.69, 9.17) is 0 Å². The number of esters is 1. The van der Waals surface area contributed by atoms with E-state index in [9.17, 15) is 14.7 Å². The van der Waals surface area contributed by atoms with Crippen molar-refractivity contribution in [3.63, 3.8) is 0 Å². The minimum atomic E-state index is -0.162. The number of nitrogens with one attached hydrogen (secondary N) is 1. The Balaban J connectivity index is 1.43. The van der Waals surface area contributed by atoms with Gasteiger partial charge < -0.3 is 15.2 Å². The van der Waals surface area contributed by atoms with Gasteiger partial charge in [-0.2, -0.15) is 0 Å². The van der Waals surface area contributed by atoms with E-state index < -0.39 is 0 Å². The van der Waals surface area contributed by atoms with Crippen LogP contribution in [-0.2, 0) is 9.53 Å². The molecule has 1 aromatic carbocycles. The third-order valence-corrected chi connectivity index (χ3v) is 8.72. The molecule has 0 saturated heterocycles. The third kappa shape index (κ3) is 4.42. The highest BCUT2D eigenvalue weighted by molar-refractivity contribution is 7.17. The standard InChI is InChI=1S/C26H33NO4S/c1-26(2)17-12-16(8-6-4-5-7-9-23(29)31-3)24(21(26)13-17)27-25(30)20-15-32-22-11-10-18(28)14-19(20)22/h4,6,10-11,14-17,21,24,28H,5,7-9,12-13H2,1-3H3,(H,27,30)/b6-4-/t16-,17+,21+,24?/m0/s1. The van der Waals surface area contributed by atoms with Gasteiger partial charge in [0.1, 0.15) is 5.75 Å². The number of fused-ring (bicyclic) bond motifs is 3. The number of methoxy groups -OCH3 is 1. The van der Waals surface area contributed by atoms with Gasteiger partial charge in [-0.3, -0.25) is 9.59 Å². The van der Waals surface area contributed by atoms with Crippen LogP contribution in [0.25, 0.3) is 10.1 Å². The average molecular weight is 456 g/mol. The Bertz CT molecular complexity index is 1020. The summed E-state index contributed by atoms with van der Waals surface area (Å²) < 4.78 is 5.69. The predicted octanol–water partition coefficient (Wildman–Crippen LogP) is 5.68. The van der Waals surface area contributed by atoms with Gasteiger partial charge >= 0.3 is 5.97 Å². The van der Waals surface area contributed by atoms with Gasteiger partial charge in [-0.15, -0.1) is 11.3 Å². The predicted molar refractivity (Wildman–Crippen MR) is 128 cm³/mol. The molecule has 0 spiro atoms. The Hall–Kier alpha value is -2.34. The highest BCUT2D eigenvalue weighted by atomic mass is 32.1. The van der Waals surface area contributed by atoms with Crippen LogP contribution < -0.4 is 5.32 Å². The lowest BCUT2D eigenvalue weighted by Gasteiger charge is -2.62. The van der Waals surface area contributed by atoms with Crippen molar-refractivity contribution in [2.24, 2.45) is 23.2 Å². The molecule has 1 unspecified atom stereocenters. The number of rotatable bonds is 8. The normalized spacial score (nSPS) is 26.1. The number of hydrogen-bond donors (Lipinski definition) is 2. The number of carbonyl (C=O) groups is 2. The number of ether oxygens (including phenoxy) is 1. The molecule has 3 fully saturated rings. The Kier molecular flexibility index (Phi) is 6.61. The molecular weight excluding hydrogens is 422 g/mol. The number of thiophene rings is 1. The van der Waals surface area contributed by atoms with Crippen LogP contribution in [0.2, 0.25) is 0 Å². The fourth-order valence-corrected chi connectivity index (χ4v) is 6.57. The number of aromatic hydroxyl groups is 1. The SMILES string of the molecule is COC(=O)CCC/C=C\C[C@H]1C[C@@H]2C[C@H](C1NC(=O)c1csc3ccc(O)cc13)C2(C)C. The average Bonchev–Trinajstić information content (AvgIpc) is 3.19. The van der Waals surface area contributed by atoms with Crippen molar-refractivity contribution in [2.45, 2.75) is 58.4 Å². The van der Waals surface area contributed by atoms with Crippen LogP contribution in [-0.4, -0.2) is 30.1 Å². The van der Waals surface area contributed by atoms with Gasteiger partial charge in [0, 0.05) is 27.9 Å². The zero-order valence-electron chi connectivity index (χ0n) is 19.1. The molecule has 0 aliphatic heterocycles. The van der Waals surface area contributed by atoms with Crippen molar-refractivity contribution >= 4 is 33.3 Å². The molecular formula is C26H33NO4S. The van der Waals surface area contributed by atoms with Crippen LogP contribution >= 0.6 is 11.3 Å². The lowest BCUT2D eigenvalue weighted by atomic mass is 9.44. The van der Waals surface area contributed by atoms with E-state index in [1.165, 1.54) is 24.9 Å². The number of benzene rings is 1. The second-order valence-corrected chi connectivity index (χ2v) is 10.8. The van der Waals surface area contributed by atoms with Crippen LogP contribution in [0.3, 0.4) is 0 Å². The lowest BCUT2D eigenvalue weighted by Crippen LogP contribution is -2.63. The Labute approximate surface area is 193 Å². The van der Waals surface area contributed by atoms with Crippen LogP contribution in [0.5, 0.6) is 5.75 Å². The maximum absolute atomic E-state index is 13.3. The van der Waals surface area contributed by atoms with Gasteiger partial charge in [0.25, 0.3) is 5.91 Å². The molecule has 5 nitrogen and oxygen atoms in total. The first-order chi connectivity index (χ1) is 15.3. The van der Waals surface area contributed by atoms with Crippen molar-refractivity contribution < 1.29 is 19.4 Å². The Morgan fingerprint density at radius 3 is 2.84 bits per heavy atom. The summed E-state index contributed by atoms with van der Waals surface area (Å²) in [7, 11) is 1.42. The number of phenols is 1. The summed E-state index contributed by atoms with van der Waals surface area (Å²) in [6.07, 6.45) is 9.74. The molecule has 2 aromatic rings. The largest absolute Gasteiger partial charge is 0.508 e. The molecule has 0 radical (unpaired) electrons. The minimum absolute atomic E-state index is 0.0416. The monoisotopic (exact) mass is 455 g/mol. The molecule has 5 rings (SSSR count). The van der Waals surface area contributed by atoms with E-state index in [-0.39, 0.29) is 29.1 Å². The first-order valence-corrected chi connectivity index (χ1v) is 12.4. The fraction of sp³-hybridized carbons (Fsp3) is 0.538. The highest BCUT2D eigenvalue weighted by Gasteiger charge is 2.57. The molecule has 1 amide bonds. The molecule has 1 heterocycles. The Morgan fingerprint density at radius 1 is 1.28 bits per heavy atom. The number of phenolic OH excluding ortho intramolecular Hbond substituents is 1. The summed E-state index contributed by atoms with van der Waals surface area (Å²) in [5, 5.41) is 16.0. The van der Waals surface area contributed by atoms with Gasteiger partial charge in [0.15, 0.2) is 0 Å². The zero-order valence-corrected chi connectivity index (χ0v) is 19.9. The Morgan fingerprint density at radius 2 is 2.09 bits per heavy atom. The third-order valence-electron chi connectivity index (χ3n) is 7.76. The summed E-state index contributed by atoms with van der Waals surface area (Å²) in [5.41, 5.74) is 0.908. The summed E-state index contributed by atoms with van der Waals surface area (Å²) >= 11 is 1.53. The molecule has 3 aliphatic carbocycles. The second-order valence-electron chi connectivity index (χ2n) is 9.86. The summed E-state index contributed by atoms with van der Waals surface area (Å²) in [6, 6.07) is 5.35. The van der Waals surface area contributed by atoms with E-state index in [1.54, 1.807) is 12.1 Å². The number of amides is 1. The van der Waals surface area contributed by atoms with Crippen molar-refractivity contribution in [3.8, 4) is 5.75 Å². The van der Waals surface area contributed by atoms with Crippen LogP contribution in [0.4, 0.5) is 0 Å². The molecule has 3 aliphatic rings. The van der Waals surface area contributed by atoms with Crippen LogP contribution in [0.1, 0.15) is 62.7 Å². The smallest absolute Gasteiger partial charge is 0.305 e. The molecule has 2 N–H and O–H groups in total. The molecule has 1 aromatic heterocycles. The maximum Gasteiger partial charge on any atom is 0.305 e. The molecule has 32 heavy (non-hydrogen) atoms. The zero-order chi connectivity index (χ0) is 22.9. The summed E-state index contributed by atoms with van der Waals surface area (Å²) in [6.45, 7) is 4.67. The number of unbranched alkanes of at least 4 members (excludes halogenated alkanes) is 1. The summed E-state index contributed by atoms with van der Waals surface area (Å²) in [5.74, 6) is 1.61. The highest BCUT2D eigenvalue weighted by Crippen LogP contribution is 2.61. The number of allylic oxidation sites excluding steroid dienone is 2. The van der Waals surface area contributed by atoms with Crippen molar-refractivity contribution in [2.75, 3.05) is 7.11 Å². The molecule has 4 atom stereocenters. The van der Waals surface area contributed by atoms with E-state index >= 15 is 0 Å². The van der Waals surface area contributed by atoms with Gasteiger partial charge in [-0.05, 0) is 73.5 Å². The lowest BCUT2D eigenvalue weighted by molar-refractivity contribution is -0.140. The van der Waals surface area contributed by atoms with Crippen molar-refractivity contribution in [3.05, 3.63) is 41.3 Å². The quantitative estimate of drug-likeness (QED) is 0.305. The fourth-order valence-electron chi connectivity index (χ4n) is 5.64. The van der Waals surface area contributed by atoms with E-state index in [0.717, 1.165) is 41.7 Å². The molecule has 3 saturated carbocycles.